The van der Waals surface area contributed by atoms with E-state index < -0.39 is 0 Å². The maximum Gasteiger partial charge on any atom is 0.272 e. The Morgan fingerprint density at radius 1 is 1.09 bits per heavy atom. The quantitative estimate of drug-likeness (QED) is 0.611. The Bertz CT molecular complexity index is 972. The maximum atomic E-state index is 13.3. The normalized spacial score (nSPS) is 19.5. The van der Waals surface area contributed by atoms with E-state index in [1.807, 2.05) is 11.8 Å². The number of hydrogen-bond donors (Lipinski definition) is 2. The lowest BCUT2D eigenvalue weighted by molar-refractivity contribution is 0.0139. The largest absolute Gasteiger partial charge is 0.377 e. The zero-order valence-corrected chi connectivity index (χ0v) is 21.8. The molecule has 35 heavy (non-hydrogen) atoms. The minimum atomic E-state index is -0.00320. The van der Waals surface area contributed by atoms with Crippen LogP contribution < -0.4 is 10.6 Å². The zero-order chi connectivity index (χ0) is 24.8. The Hall–Kier alpha value is -2.51. The lowest BCUT2D eigenvalue weighted by atomic mass is 9.87. The van der Waals surface area contributed by atoms with E-state index in [0.29, 0.717) is 30.2 Å². The molecule has 2 aliphatic rings. The van der Waals surface area contributed by atoms with Crippen LogP contribution in [-0.2, 0) is 16.7 Å². The summed E-state index contributed by atoms with van der Waals surface area (Å²) in [6.45, 7) is 12.5. The number of likely N-dealkylation sites (tertiary alicyclic amines) is 1. The average molecular weight is 480 g/mol. The monoisotopic (exact) mass is 479 g/mol. The molecule has 2 aromatic rings. The molecule has 2 saturated heterocycles. The van der Waals surface area contributed by atoms with Crippen LogP contribution in [0.25, 0.3) is 0 Å². The topological polar surface area (TPSA) is 79.4 Å². The van der Waals surface area contributed by atoms with Gasteiger partial charge in [0.25, 0.3) is 5.91 Å². The van der Waals surface area contributed by atoms with Crippen molar-refractivity contribution >= 4 is 11.7 Å². The Morgan fingerprint density at radius 2 is 1.83 bits per heavy atom. The highest BCUT2D eigenvalue weighted by Gasteiger charge is 2.27. The molecule has 1 aromatic carbocycles. The van der Waals surface area contributed by atoms with Gasteiger partial charge in [0.1, 0.15) is 17.8 Å². The highest BCUT2D eigenvalue weighted by molar-refractivity contribution is 5.94. The van der Waals surface area contributed by atoms with Gasteiger partial charge in [-0.15, -0.1) is 0 Å². The van der Waals surface area contributed by atoms with Gasteiger partial charge < -0.3 is 20.3 Å². The van der Waals surface area contributed by atoms with Crippen LogP contribution in [0.2, 0.25) is 0 Å². The second-order valence-electron chi connectivity index (χ2n) is 11.0. The molecule has 0 radical (unpaired) electrons. The number of amides is 1. The van der Waals surface area contributed by atoms with E-state index in [4.69, 9.17) is 4.74 Å². The van der Waals surface area contributed by atoms with Crippen LogP contribution in [0.15, 0.2) is 30.6 Å². The van der Waals surface area contributed by atoms with Gasteiger partial charge in [0, 0.05) is 44.4 Å². The second-order valence-corrected chi connectivity index (χ2v) is 11.0. The second kappa shape index (κ2) is 11.5. The van der Waals surface area contributed by atoms with Gasteiger partial charge >= 0.3 is 0 Å². The van der Waals surface area contributed by atoms with Crippen molar-refractivity contribution in [1.82, 2.24) is 20.2 Å². The summed E-state index contributed by atoms with van der Waals surface area (Å²) < 4.78 is 5.83. The molecule has 4 rings (SSSR count). The van der Waals surface area contributed by atoms with Gasteiger partial charge in [0.05, 0.1) is 6.10 Å². The van der Waals surface area contributed by atoms with Gasteiger partial charge in [-0.3, -0.25) is 4.79 Å². The van der Waals surface area contributed by atoms with Crippen molar-refractivity contribution in [3.63, 3.8) is 0 Å². The van der Waals surface area contributed by atoms with E-state index in [0.717, 1.165) is 51.1 Å². The summed E-state index contributed by atoms with van der Waals surface area (Å²) >= 11 is 0. The zero-order valence-electron chi connectivity index (χ0n) is 21.8. The number of anilines is 1. The molecular formula is C28H41N5O2. The van der Waals surface area contributed by atoms with Gasteiger partial charge in [0.15, 0.2) is 0 Å². The summed E-state index contributed by atoms with van der Waals surface area (Å²) in [6.07, 6.45) is 7.34. The molecule has 1 atom stereocenters. The molecule has 7 heteroatoms. The minimum Gasteiger partial charge on any atom is -0.377 e. The van der Waals surface area contributed by atoms with E-state index in [2.05, 4.69) is 65.6 Å². The standard InChI is InChI=1S/C28H41N5O2/c1-20-25(27(34)33-14-12-23(13-15-33)29-18-24-7-5-6-16-35-24)31-19-32-26(20)30-17-21-8-10-22(11-9-21)28(2,3)4/h8-11,19,23-24,29H,5-7,12-18H2,1-4H3,(H,30,31,32). The summed E-state index contributed by atoms with van der Waals surface area (Å²) in [5.74, 6) is 0.712. The molecule has 1 aromatic heterocycles. The van der Waals surface area contributed by atoms with Crippen molar-refractivity contribution in [2.75, 3.05) is 31.6 Å². The predicted molar refractivity (Wildman–Crippen MR) is 140 cm³/mol. The molecule has 7 nitrogen and oxygen atoms in total. The number of aromatic nitrogens is 2. The number of benzene rings is 1. The molecule has 190 valence electrons. The van der Waals surface area contributed by atoms with Crippen LogP contribution in [0.4, 0.5) is 5.82 Å². The van der Waals surface area contributed by atoms with E-state index in [9.17, 15) is 4.79 Å². The van der Waals surface area contributed by atoms with E-state index in [1.54, 1.807) is 0 Å². The van der Waals surface area contributed by atoms with E-state index in [-0.39, 0.29) is 11.3 Å². The third-order valence-corrected chi connectivity index (χ3v) is 7.26. The van der Waals surface area contributed by atoms with Crippen LogP contribution in [-0.4, -0.2) is 59.2 Å². The van der Waals surface area contributed by atoms with Crippen LogP contribution in [0, 0.1) is 6.92 Å². The van der Waals surface area contributed by atoms with E-state index >= 15 is 0 Å². The van der Waals surface area contributed by atoms with Crippen LogP contribution in [0.1, 0.15) is 80.1 Å². The van der Waals surface area contributed by atoms with Crippen LogP contribution >= 0.6 is 0 Å². The number of piperidine rings is 1. The van der Waals surface area contributed by atoms with Crippen molar-refractivity contribution < 1.29 is 9.53 Å². The van der Waals surface area contributed by atoms with E-state index in [1.165, 1.54) is 30.3 Å². The molecule has 2 N–H and O–H groups in total. The van der Waals surface area contributed by atoms with Crippen molar-refractivity contribution in [3.8, 4) is 0 Å². The maximum absolute atomic E-state index is 13.3. The fraction of sp³-hybridized carbons (Fsp3) is 0.607. The summed E-state index contributed by atoms with van der Waals surface area (Å²) in [5.41, 5.74) is 3.93. The summed E-state index contributed by atoms with van der Waals surface area (Å²) in [6, 6.07) is 9.10. The molecule has 1 unspecified atom stereocenters. The molecule has 0 saturated carbocycles. The Balaban J connectivity index is 1.29. The van der Waals surface area contributed by atoms with Gasteiger partial charge in [-0.1, -0.05) is 45.0 Å². The van der Waals surface area contributed by atoms with Crippen molar-refractivity contribution in [2.45, 2.75) is 83.9 Å². The fourth-order valence-corrected chi connectivity index (χ4v) is 4.86. The number of carbonyl (C=O) groups is 1. The van der Waals surface area contributed by atoms with Crippen LogP contribution in [0.3, 0.4) is 0 Å². The number of carbonyl (C=O) groups excluding carboxylic acids is 1. The summed E-state index contributed by atoms with van der Waals surface area (Å²) in [4.78, 5) is 23.9. The smallest absolute Gasteiger partial charge is 0.272 e. The Kier molecular flexibility index (Phi) is 8.39. The number of nitrogens with one attached hydrogen (secondary N) is 2. The fourth-order valence-electron chi connectivity index (χ4n) is 4.86. The summed E-state index contributed by atoms with van der Waals surface area (Å²) in [5, 5.41) is 7.05. The Labute approximate surface area is 210 Å². The molecule has 0 aliphatic carbocycles. The highest BCUT2D eigenvalue weighted by Crippen LogP contribution is 2.23. The molecule has 1 amide bonds. The van der Waals surface area contributed by atoms with Gasteiger partial charge in [-0.25, -0.2) is 9.97 Å². The van der Waals surface area contributed by atoms with Crippen molar-refractivity contribution in [3.05, 3.63) is 53.0 Å². The lowest BCUT2D eigenvalue weighted by Gasteiger charge is -2.34. The first-order valence-electron chi connectivity index (χ1n) is 13.1. The van der Waals surface area contributed by atoms with Gasteiger partial charge in [-0.05, 0) is 55.6 Å². The molecule has 3 heterocycles. The molecule has 0 spiro atoms. The van der Waals surface area contributed by atoms with Gasteiger partial charge in [0.2, 0.25) is 0 Å². The number of rotatable bonds is 7. The van der Waals surface area contributed by atoms with Crippen LogP contribution in [0.5, 0.6) is 0 Å². The molecular weight excluding hydrogens is 438 g/mol. The lowest BCUT2D eigenvalue weighted by Crippen LogP contribution is -2.47. The first kappa shape index (κ1) is 25.6. The third-order valence-electron chi connectivity index (χ3n) is 7.26. The van der Waals surface area contributed by atoms with Gasteiger partial charge in [-0.2, -0.15) is 0 Å². The predicted octanol–water partition coefficient (Wildman–Crippen LogP) is 4.46. The molecule has 0 bridgehead atoms. The summed E-state index contributed by atoms with van der Waals surface area (Å²) in [7, 11) is 0. The minimum absolute atomic E-state index is 0.00320. The number of hydrogen-bond acceptors (Lipinski definition) is 6. The highest BCUT2D eigenvalue weighted by atomic mass is 16.5. The number of nitrogens with zero attached hydrogens (tertiary/aromatic N) is 3. The first-order chi connectivity index (χ1) is 16.8. The molecule has 2 fully saturated rings. The number of ether oxygens (including phenoxy) is 1. The molecule has 2 aliphatic heterocycles. The SMILES string of the molecule is Cc1c(NCc2ccc(C(C)(C)C)cc2)ncnc1C(=O)N1CCC(NCC2CCCCO2)CC1. The first-order valence-corrected chi connectivity index (χ1v) is 13.1. The average Bonchev–Trinajstić information content (AvgIpc) is 2.87. The van der Waals surface area contributed by atoms with Crippen molar-refractivity contribution in [2.24, 2.45) is 0 Å². The Morgan fingerprint density at radius 3 is 2.49 bits per heavy atom. The van der Waals surface area contributed by atoms with Crippen molar-refractivity contribution in [1.29, 1.82) is 0 Å². The third kappa shape index (κ3) is 6.79.